The molecule has 4 N–H and O–H groups in total. The van der Waals surface area contributed by atoms with Crippen LogP contribution in [-0.4, -0.2) is 47.8 Å². The molecule has 0 spiro atoms. The lowest BCUT2D eigenvalue weighted by Gasteiger charge is -2.26. The first-order valence-electron chi connectivity index (χ1n) is 8.67. The number of aromatic nitrogens is 2. The molecule has 1 aromatic carbocycles. The van der Waals surface area contributed by atoms with Crippen molar-refractivity contribution in [1.82, 2.24) is 14.5 Å². The zero-order valence-corrected chi connectivity index (χ0v) is 16.7. The number of primary amides is 1. The molecule has 0 atom stereocenters. The van der Waals surface area contributed by atoms with Crippen LogP contribution >= 0.6 is 11.6 Å². The van der Waals surface area contributed by atoms with E-state index in [-0.39, 0.29) is 26.9 Å². The Hall–Kier alpha value is -2.43. The van der Waals surface area contributed by atoms with Crippen molar-refractivity contribution in [2.45, 2.75) is 31.1 Å². The smallest absolute Gasteiger partial charge is 0.271 e. The predicted octanol–water partition coefficient (Wildman–Crippen LogP) is 1.90. The fourth-order valence-electron chi connectivity index (χ4n) is 3.03. The number of nitrogens with zero attached hydrogens (tertiary/aromatic N) is 2. The van der Waals surface area contributed by atoms with E-state index in [1.807, 2.05) is 0 Å². The summed E-state index contributed by atoms with van der Waals surface area (Å²) in [5.41, 5.74) is 5.81. The molecular formula is C17H20ClN5O4S. The van der Waals surface area contributed by atoms with Gasteiger partial charge in [-0.15, -0.1) is 0 Å². The number of carbonyl (C=O) groups excluding carboxylic acids is 2. The molecule has 0 radical (unpaired) electrons. The zero-order valence-electron chi connectivity index (χ0n) is 15.2. The van der Waals surface area contributed by atoms with Crippen molar-refractivity contribution in [2.75, 3.05) is 18.4 Å². The number of benzene rings is 1. The largest absolute Gasteiger partial charge is 0.364 e. The molecule has 28 heavy (non-hydrogen) atoms. The fourth-order valence-corrected chi connectivity index (χ4v) is 5.05. The number of nitrogens with two attached hydrogens (primary N) is 1. The number of anilines is 1. The molecule has 3 rings (SSSR count). The van der Waals surface area contributed by atoms with E-state index in [0.717, 1.165) is 19.3 Å². The van der Waals surface area contributed by atoms with Gasteiger partial charge in [0.25, 0.3) is 11.8 Å². The quantitative estimate of drug-likeness (QED) is 0.671. The Balaban J connectivity index is 1.92. The molecule has 1 fully saturated rings. The third-order valence-electron chi connectivity index (χ3n) is 4.55. The topological polar surface area (TPSA) is 138 Å². The molecule has 1 aliphatic rings. The van der Waals surface area contributed by atoms with Gasteiger partial charge in [0.1, 0.15) is 4.90 Å². The molecule has 1 saturated heterocycles. The number of amides is 2. The number of halogens is 1. The average Bonchev–Trinajstić information content (AvgIpc) is 3.03. The van der Waals surface area contributed by atoms with Gasteiger partial charge in [0.15, 0.2) is 5.69 Å². The maximum absolute atomic E-state index is 12.9. The van der Waals surface area contributed by atoms with Crippen molar-refractivity contribution < 1.29 is 18.0 Å². The van der Waals surface area contributed by atoms with Crippen LogP contribution < -0.4 is 11.1 Å². The first-order chi connectivity index (χ1) is 13.2. The standard InChI is InChI=1S/C17H20ClN5O4S/c1-10-14(15(16(19)24)22-21-10)20-17(25)11-5-6-12(18)13(9-11)28(26,27)23-7-3-2-4-8-23/h5-6,9H,2-4,7-8H2,1H3,(H2,19,24)(H,20,25)(H,21,22). The molecular weight excluding hydrogens is 406 g/mol. The summed E-state index contributed by atoms with van der Waals surface area (Å²) in [7, 11) is -3.81. The third-order valence-corrected chi connectivity index (χ3v) is 6.93. The third kappa shape index (κ3) is 3.89. The summed E-state index contributed by atoms with van der Waals surface area (Å²) in [6, 6.07) is 4.01. The zero-order chi connectivity index (χ0) is 20.5. The van der Waals surface area contributed by atoms with Crippen LogP contribution in [0.25, 0.3) is 0 Å². The van der Waals surface area contributed by atoms with E-state index in [4.69, 9.17) is 17.3 Å². The number of hydrogen-bond donors (Lipinski definition) is 3. The number of H-pyrrole nitrogens is 1. The van der Waals surface area contributed by atoms with E-state index >= 15 is 0 Å². The molecule has 0 bridgehead atoms. The van der Waals surface area contributed by atoms with Crippen molar-refractivity contribution in [1.29, 1.82) is 0 Å². The van der Waals surface area contributed by atoms with Crippen molar-refractivity contribution in [3.63, 3.8) is 0 Å². The highest BCUT2D eigenvalue weighted by atomic mass is 35.5. The molecule has 0 saturated carbocycles. The summed E-state index contributed by atoms with van der Waals surface area (Å²) in [4.78, 5) is 24.0. The van der Waals surface area contributed by atoms with E-state index in [2.05, 4.69) is 15.5 Å². The lowest BCUT2D eigenvalue weighted by molar-refractivity contribution is 0.0996. The summed E-state index contributed by atoms with van der Waals surface area (Å²) in [5, 5.41) is 8.92. The Kier molecular flexibility index (Phi) is 5.73. The molecule has 2 heterocycles. The van der Waals surface area contributed by atoms with E-state index in [9.17, 15) is 18.0 Å². The number of piperidine rings is 1. The molecule has 2 amide bonds. The molecule has 0 unspecified atom stereocenters. The van der Waals surface area contributed by atoms with Crippen LogP contribution in [-0.2, 0) is 10.0 Å². The van der Waals surface area contributed by atoms with Crippen molar-refractivity contribution in [2.24, 2.45) is 5.73 Å². The Bertz CT molecular complexity index is 1030. The van der Waals surface area contributed by atoms with Gasteiger partial charge in [-0.2, -0.15) is 9.40 Å². The first kappa shape index (κ1) is 20.3. The number of carbonyl (C=O) groups is 2. The Morgan fingerprint density at radius 1 is 1.25 bits per heavy atom. The van der Waals surface area contributed by atoms with E-state index in [0.29, 0.717) is 18.8 Å². The first-order valence-corrected chi connectivity index (χ1v) is 10.5. The second-order valence-corrected chi connectivity index (χ2v) is 8.81. The molecule has 2 aromatic rings. The SMILES string of the molecule is Cc1[nH]nc(C(N)=O)c1NC(=O)c1ccc(Cl)c(S(=O)(=O)N2CCCCC2)c1. The van der Waals surface area contributed by atoms with E-state index in [1.54, 1.807) is 6.92 Å². The molecule has 9 nitrogen and oxygen atoms in total. The highest BCUT2D eigenvalue weighted by molar-refractivity contribution is 7.89. The molecule has 11 heteroatoms. The van der Waals surface area contributed by atoms with Gasteiger partial charge in [0.05, 0.1) is 16.4 Å². The Labute approximate surface area is 167 Å². The van der Waals surface area contributed by atoms with Gasteiger partial charge >= 0.3 is 0 Å². The summed E-state index contributed by atoms with van der Waals surface area (Å²) in [5.74, 6) is -1.41. The van der Waals surface area contributed by atoms with Gasteiger partial charge in [-0.3, -0.25) is 14.7 Å². The van der Waals surface area contributed by atoms with Crippen LogP contribution in [0.1, 0.15) is 45.8 Å². The summed E-state index contributed by atoms with van der Waals surface area (Å²) in [6.07, 6.45) is 2.55. The highest BCUT2D eigenvalue weighted by Crippen LogP contribution is 2.28. The molecule has 1 aromatic heterocycles. The lowest BCUT2D eigenvalue weighted by Crippen LogP contribution is -2.35. The maximum Gasteiger partial charge on any atom is 0.271 e. The van der Waals surface area contributed by atoms with Gasteiger partial charge in [-0.25, -0.2) is 8.42 Å². The van der Waals surface area contributed by atoms with Crippen molar-refractivity contribution in [3.8, 4) is 0 Å². The number of hydrogen-bond acceptors (Lipinski definition) is 5. The predicted molar refractivity (Wildman–Crippen MR) is 104 cm³/mol. The minimum absolute atomic E-state index is 0.0411. The van der Waals surface area contributed by atoms with Crippen LogP contribution in [0, 0.1) is 6.92 Å². The number of nitrogens with one attached hydrogen (secondary N) is 2. The average molecular weight is 426 g/mol. The van der Waals surface area contributed by atoms with Crippen LogP contribution in [0.5, 0.6) is 0 Å². The number of sulfonamides is 1. The van der Waals surface area contributed by atoms with Gasteiger partial charge in [0.2, 0.25) is 10.0 Å². The summed E-state index contributed by atoms with van der Waals surface area (Å²) in [6.45, 7) is 2.46. The second kappa shape index (κ2) is 7.90. The van der Waals surface area contributed by atoms with Gasteiger partial charge in [-0.05, 0) is 38.0 Å². The number of aryl methyl sites for hydroxylation is 1. The fraction of sp³-hybridized carbons (Fsp3) is 0.353. The minimum Gasteiger partial charge on any atom is -0.364 e. The molecule has 0 aliphatic carbocycles. The summed E-state index contributed by atoms with van der Waals surface area (Å²) < 4.78 is 27.2. The van der Waals surface area contributed by atoms with Gasteiger partial charge in [0, 0.05) is 18.7 Å². The highest BCUT2D eigenvalue weighted by Gasteiger charge is 2.29. The number of rotatable bonds is 5. The van der Waals surface area contributed by atoms with E-state index < -0.39 is 21.8 Å². The monoisotopic (exact) mass is 425 g/mol. The number of aromatic amines is 1. The van der Waals surface area contributed by atoms with Crippen LogP contribution in [0.15, 0.2) is 23.1 Å². The van der Waals surface area contributed by atoms with E-state index in [1.165, 1.54) is 22.5 Å². The Morgan fingerprint density at radius 2 is 1.93 bits per heavy atom. The van der Waals surface area contributed by atoms with Crippen molar-refractivity contribution >= 4 is 39.1 Å². The Morgan fingerprint density at radius 3 is 2.57 bits per heavy atom. The van der Waals surface area contributed by atoms with Crippen molar-refractivity contribution in [3.05, 3.63) is 40.2 Å². The second-order valence-electron chi connectivity index (χ2n) is 6.50. The molecule has 150 valence electrons. The van der Waals surface area contributed by atoms with Gasteiger partial charge in [-0.1, -0.05) is 18.0 Å². The summed E-state index contributed by atoms with van der Waals surface area (Å²) >= 11 is 6.13. The normalized spacial score (nSPS) is 15.4. The minimum atomic E-state index is -3.81. The molecule has 1 aliphatic heterocycles. The van der Waals surface area contributed by atoms with Crippen LogP contribution in [0.4, 0.5) is 5.69 Å². The van der Waals surface area contributed by atoms with Crippen LogP contribution in [0.2, 0.25) is 5.02 Å². The lowest BCUT2D eigenvalue weighted by atomic mass is 10.2. The van der Waals surface area contributed by atoms with Crippen LogP contribution in [0.3, 0.4) is 0 Å². The maximum atomic E-state index is 12.9. The van der Waals surface area contributed by atoms with Gasteiger partial charge < -0.3 is 11.1 Å².